The first-order valence-electron chi connectivity index (χ1n) is 34.4. The number of aliphatic hydroxyl groups excluding tert-OH is 4. The van der Waals surface area contributed by atoms with Crippen molar-refractivity contribution >= 4 is 70.9 Å². The molecule has 16 heteroatoms. The third-order valence-electron chi connectivity index (χ3n) is 15.9. The van der Waals surface area contributed by atoms with Gasteiger partial charge in [0.25, 0.3) is 0 Å². The molecule has 12 nitrogen and oxygen atoms in total. The number of rotatable bonds is 56. The van der Waals surface area contributed by atoms with E-state index in [1.807, 2.05) is 47.0 Å². The molecule has 8 N–H and O–H groups in total. The van der Waals surface area contributed by atoms with Crippen LogP contribution >= 0.6 is 47.0 Å². The van der Waals surface area contributed by atoms with E-state index in [0.29, 0.717) is 0 Å². The van der Waals surface area contributed by atoms with Gasteiger partial charge in [-0.2, -0.15) is 47.0 Å². The van der Waals surface area contributed by atoms with Gasteiger partial charge in [0.15, 0.2) is 0 Å². The fourth-order valence-electron chi connectivity index (χ4n) is 9.06. The second-order valence-corrected chi connectivity index (χ2v) is 29.2. The van der Waals surface area contributed by atoms with E-state index in [1.165, 1.54) is 205 Å². The van der Waals surface area contributed by atoms with E-state index in [2.05, 4.69) is 55.4 Å². The van der Waals surface area contributed by atoms with Crippen molar-refractivity contribution in [3.05, 3.63) is 0 Å². The number of carboxylic acid groups (broad SMARTS) is 4. The molecule has 0 spiro atoms. The highest BCUT2D eigenvalue weighted by Gasteiger charge is 2.26. The highest BCUT2D eigenvalue weighted by atomic mass is 32.2. The average molecular weight is 1290 g/mol. The molecule has 0 aromatic heterocycles. The molecule has 8 unspecified atom stereocenters. The zero-order valence-corrected chi connectivity index (χ0v) is 60.3. The van der Waals surface area contributed by atoms with Crippen molar-refractivity contribution in [1.82, 2.24) is 0 Å². The number of carbonyl (C=O) groups is 4. The van der Waals surface area contributed by atoms with E-state index in [9.17, 15) is 19.2 Å². The van der Waals surface area contributed by atoms with E-state index in [0.717, 1.165) is 69.7 Å². The molecule has 512 valence electrons. The van der Waals surface area contributed by atoms with Crippen molar-refractivity contribution in [2.45, 2.75) is 289 Å². The van der Waals surface area contributed by atoms with Gasteiger partial charge in [0.05, 0.1) is 55.5 Å². The Kier molecular flexibility index (Phi) is 77.1. The van der Waals surface area contributed by atoms with Gasteiger partial charge in [0.1, 0.15) is 0 Å². The Hall–Kier alpha value is -0.880. The maximum Gasteiger partial charge on any atom is 0.307 e. The van der Waals surface area contributed by atoms with Crippen LogP contribution in [0.1, 0.15) is 289 Å². The lowest BCUT2D eigenvalue weighted by Crippen LogP contribution is -2.37. The van der Waals surface area contributed by atoms with Gasteiger partial charge in [0, 0.05) is 23.0 Å². The molecular weight excluding hydrogens is 1150 g/mol. The Morgan fingerprint density at radius 2 is 0.447 bits per heavy atom. The van der Waals surface area contributed by atoms with E-state index in [-0.39, 0.29) is 23.7 Å². The minimum Gasteiger partial charge on any atom is -0.481 e. The van der Waals surface area contributed by atoms with Gasteiger partial charge in [0.2, 0.25) is 0 Å². The third kappa shape index (κ3) is 65.9. The van der Waals surface area contributed by atoms with Crippen LogP contribution in [-0.4, -0.2) is 137 Å². The van der Waals surface area contributed by atoms with Gasteiger partial charge in [-0.15, -0.1) is 0 Å². The fraction of sp³-hybridized carbons (Fsp3) is 0.942. The summed E-state index contributed by atoms with van der Waals surface area (Å²) in [6.45, 7) is 23.6. The highest BCUT2D eigenvalue weighted by Crippen LogP contribution is 2.27. The molecule has 0 rings (SSSR count). The van der Waals surface area contributed by atoms with E-state index >= 15 is 0 Å². The Bertz CT molecular complexity index is 1210. The summed E-state index contributed by atoms with van der Waals surface area (Å²) in [5.74, 6) is 7.44. The van der Waals surface area contributed by atoms with Crippen LogP contribution in [0.5, 0.6) is 0 Å². The van der Waals surface area contributed by atoms with Gasteiger partial charge in [-0.25, -0.2) is 0 Å². The van der Waals surface area contributed by atoms with Crippen LogP contribution in [0.25, 0.3) is 0 Å². The zero-order chi connectivity index (χ0) is 65.4. The van der Waals surface area contributed by atoms with Crippen molar-refractivity contribution in [2.75, 3.05) is 72.5 Å². The van der Waals surface area contributed by atoms with Gasteiger partial charge >= 0.3 is 23.9 Å². The largest absolute Gasteiger partial charge is 0.481 e. The molecule has 0 fully saturated rings. The first-order valence-corrected chi connectivity index (χ1v) is 39.0. The molecule has 0 aliphatic heterocycles. The molecule has 0 saturated heterocycles. The Morgan fingerprint density at radius 1 is 0.282 bits per heavy atom. The van der Waals surface area contributed by atoms with Crippen molar-refractivity contribution in [1.29, 1.82) is 0 Å². The molecule has 0 heterocycles. The van der Waals surface area contributed by atoms with Gasteiger partial charge in [-0.05, 0) is 72.4 Å². The molecule has 0 radical (unpaired) electrons. The Morgan fingerprint density at radius 3 is 0.576 bits per heavy atom. The topological polar surface area (TPSA) is 230 Å². The number of aliphatic hydroxyl groups is 4. The normalized spacial score (nSPS) is 14.0. The first kappa shape index (κ1) is 92.8. The lowest BCUT2D eigenvalue weighted by molar-refractivity contribution is -0.141. The van der Waals surface area contributed by atoms with Crippen molar-refractivity contribution in [3.63, 3.8) is 0 Å². The van der Waals surface area contributed by atoms with Gasteiger partial charge in [-0.1, -0.05) is 263 Å². The maximum absolute atomic E-state index is 10.7. The molecule has 0 bridgehead atoms. The Balaban J connectivity index is -0.000000319. The molecule has 0 aromatic carbocycles. The standard InChI is InChI=1S/4C16H32O2S.C5H12O4/c4*1-4-6-8-10-15(9-7-5-2)11-12-19-13-14(3)16(17)18;6-1-5(2-7,3-8)4-9/h4*14-15H,4-13H2,1-3H3,(H,17,18);6-9H,1-4H2. The van der Waals surface area contributed by atoms with Crippen LogP contribution in [0.2, 0.25) is 0 Å². The average Bonchev–Trinajstić information content (AvgIpc) is 3.52. The smallest absolute Gasteiger partial charge is 0.307 e. The van der Waals surface area contributed by atoms with Crippen LogP contribution < -0.4 is 0 Å². The number of aliphatic carboxylic acids is 4. The van der Waals surface area contributed by atoms with E-state index in [4.69, 9.17) is 40.9 Å². The molecule has 0 amide bonds. The van der Waals surface area contributed by atoms with Crippen LogP contribution in [0.15, 0.2) is 0 Å². The van der Waals surface area contributed by atoms with E-state index < -0.39 is 55.7 Å². The van der Waals surface area contributed by atoms with Crippen LogP contribution in [-0.2, 0) is 19.2 Å². The maximum atomic E-state index is 10.7. The van der Waals surface area contributed by atoms with Crippen LogP contribution in [0.3, 0.4) is 0 Å². The number of thioether (sulfide) groups is 4. The molecular formula is C69H140O12S4. The predicted octanol–water partition coefficient (Wildman–Crippen LogP) is 18.8. The minimum absolute atomic E-state index is 0.209. The summed E-state index contributed by atoms with van der Waals surface area (Å²) >= 11 is 7.24. The van der Waals surface area contributed by atoms with Crippen molar-refractivity contribution in [2.24, 2.45) is 52.8 Å². The third-order valence-corrected chi connectivity index (χ3v) is 20.9. The van der Waals surface area contributed by atoms with Crippen molar-refractivity contribution in [3.8, 4) is 0 Å². The second kappa shape index (κ2) is 70.6. The lowest BCUT2D eigenvalue weighted by Gasteiger charge is -2.23. The molecule has 85 heavy (non-hydrogen) atoms. The minimum atomic E-state index is -1.11. The fourth-order valence-corrected chi connectivity index (χ4v) is 13.7. The SMILES string of the molecule is CCCCCC(CCCC)CCSCC(C)C(=O)O.CCCCCC(CCCC)CCSCC(C)C(=O)O.CCCCCC(CCCC)CCSCC(C)C(=O)O.CCCCCC(CCCC)CCSCC(C)C(=O)O.OCC(CO)(CO)CO. The molecule has 0 aliphatic carbocycles. The molecule has 0 aliphatic rings. The summed E-state index contributed by atoms with van der Waals surface area (Å²) in [5, 5.41) is 69.3. The van der Waals surface area contributed by atoms with E-state index in [1.54, 1.807) is 27.7 Å². The van der Waals surface area contributed by atoms with Gasteiger partial charge < -0.3 is 40.9 Å². The van der Waals surface area contributed by atoms with Crippen LogP contribution in [0.4, 0.5) is 0 Å². The quantitative estimate of drug-likeness (QED) is 0.0265. The number of hydrogen-bond donors (Lipinski definition) is 8. The monoisotopic (exact) mass is 1290 g/mol. The second-order valence-electron chi connectivity index (χ2n) is 24.6. The molecule has 0 aromatic rings. The summed E-state index contributed by atoms with van der Waals surface area (Å²) in [5.41, 5.74) is -1.11. The summed E-state index contributed by atoms with van der Waals surface area (Å²) in [4.78, 5) is 42.9. The van der Waals surface area contributed by atoms with Gasteiger partial charge in [-0.3, -0.25) is 19.2 Å². The summed E-state index contributed by atoms with van der Waals surface area (Å²) in [6.07, 6.45) is 42.5. The predicted molar refractivity (Wildman–Crippen MR) is 374 cm³/mol. The first-order chi connectivity index (χ1) is 40.7. The molecule has 8 atom stereocenters. The Labute approximate surface area is 541 Å². The number of hydrogen-bond acceptors (Lipinski definition) is 12. The summed E-state index contributed by atoms with van der Waals surface area (Å²) < 4.78 is 0. The summed E-state index contributed by atoms with van der Waals surface area (Å²) in [6, 6.07) is 0. The lowest BCUT2D eigenvalue weighted by atomic mass is 9.93. The number of carboxylic acids is 4. The van der Waals surface area contributed by atoms with Crippen LogP contribution in [0, 0.1) is 52.8 Å². The highest BCUT2D eigenvalue weighted by molar-refractivity contribution is 7.99. The number of unbranched alkanes of at least 4 members (excludes halogenated alkanes) is 12. The molecule has 0 saturated carbocycles. The summed E-state index contributed by atoms with van der Waals surface area (Å²) in [7, 11) is 0. The zero-order valence-electron chi connectivity index (χ0n) is 57.1. The van der Waals surface area contributed by atoms with Crippen molar-refractivity contribution < 1.29 is 60.0 Å².